The summed E-state index contributed by atoms with van der Waals surface area (Å²) < 4.78 is 6.02. The third kappa shape index (κ3) is 7.25. The standard InChI is InChI=1S/C20H26N2O.2ClH/c1-2-6-18(7-3-1)16-23-20-9-5-4-8-19(20)15-22-14-17-10-12-21-13-11-17;;/h1-9,17,21-22H,10-16H2;2*1H. The van der Waals surface area contributed by atoms with Gasteiger partial charge in [0.2, 0.25) is 0 Å². The first-order chi connectivity index (χ1) is 11.4. The molecule has 138 valence electrons. The largest absolute Gasteiger partial charge is 0.489 e. The first kappa shape index (κ1) is 21.8. The van der Waals surface area contributed by atoms with E-state index in [1.165, 1.54) is 24.0 Å². The summed E-state index contributed by atoms with van der Waals surface area (Å²) >= 11 is 0. The van der Waals surface area contributed by atoms with Crippen molar-refractivity contribution in [3.05, 3.63) is 65.7 Å². The second-order valence-corrected chi connectivity index (χ2v) is 6.21. The Morgan fingerprint density at radius 1 is 0.920 bits per heavy atom. The van der Waals surface area contributed by atoms with Crippen LogP contribution in [0, 0.1) is 5.92 Å². The molecule has 0 saturated carbocycles. The van der Waals surface area contributed by atoms with Crippen LogP contribution in [0.15, 0.2) is 54.6 Å². The normalized spacial score (nSPS) is 14.2. The van der Waals surface area contributed by atoms with Gasteiger partial charge >= 0.3 is 0 Å². The van der Waals surface area contributed by atoms with Crippen molar-refractivity contribution in [1.82, 2.24) is 10.6 Å². The fraction of sp³-hybridized carbons (Fsp3) is 0.400. The Morgan fingerprint density at radius 2 is 1.60 bits per heavy atom. The number of ether oxygens (including phenoxy) is 1. The molecule has 0 atom stereocenters. The van der Waals surface area contributed by atoms with Gasteiger partial charge in [-0.05, 0) is 50.0 Å². The SMILES string of the molecule is Cl.Cl.c1ccc(COc2ccccc2CNCC2CCNCC2)cc1. The molecule has 0 aromatic heterocycles. The summed E-state index contributed by atoms with van der Waals surface area (Å²) in [6.45, 7) is 4.89. The van der Waals surface area contributed by atoms with Crippen LogP contribution in [0.2, 0.25) is 0 Å². The fourth-order valence-corrected chi connectivity index (χ4v) is 3.02. The molecule has 1 heterocycles. The Balaban J connectivity index is 0.00000156. The van der Waals surface area contributed by atoms with Crippen LogP contribution >= 0.6 is 24.8 Å². The van der Waals surface area contributed by atoms with Gasteiger partial charge in [0, 0.05) is 12.1 Å². The Kier molecular flexibility index (Phi) is 10.6. The number of hydrogen-bond donors (Lipinski definition) is 2. The Morgan fingerprint density at radius 3 is 2.36 bits per heavy atom. The summed E-state index contributed by atoms with van der Waals surface area (Å²) in [7, 11) is 0. The van der Waals surface area contributed by atoms with Crippen molar-refractivity contribution in [1.29, 1.82) is 0 Å². The quantitative estimate of drug-likeness (QED) is 0.752. The average Bonchev–Trinajstić information content (AvgIpc) is 2.63. The van der Waals surface area contributed by atoms with Gasteiger partial charge in [-0.2, -0.15) is 0 Å². The van der Waals surface area contributed by atoms with Crippen LogP contribution in [0.5, 0.6) is 5.75 Å². The number of benzene rings is 2. The molecule has 0 amide bonds. The number of halogens is 2. The van der Waals surface area contributed by atoms with Crippen LogP contribution in [-0.2, 0) is 13.2 Å². The second kappa shape index (κ2) is 12.2. The lowest BCUT2D eigenvalue weighted by Crippen LogP contribution is -2.33. The van der Waals surface area contributed by atoms with Crippen LogP contribution in [0.1, 0.15) is 24.0 Å². The van der Waals surface area contributed by atoms with Crippen molar-refractivity contribution in [3.8, 4) is 5.75 Å². The van der Waals surface area contributed by atoms with Crippen molar-refractivity contribution in [3.63, 3.8) is 0 Å². The van der Waals surface area contributed by atoms with Crippen molar-refractivity contribution in [2.45, 2.75) is 26.0 Å². The van der Waals surface area contributed by atoms with E-state index < -0.39 is 0 Å². The summed E-state index contributed by atoms with van der Waals surface area (Å²) in [5, 5.41) is 7.02. The maximum absolute atomic E-state index is 6.02. The predicted octanol–water partition coefficient (Wildman–Crippen LogP) is 4.20. The molecule has 0 spiro atoms. The van der Waals surface area contributed by atoms with Gasteiger partial charge in [0.25, 0.3) is 0 Å². The minimum Gasteiger partial charge on any atom is -0.489 e. The van der Waals surface area contributed by atoms with Crippen molar-refractivity contribution in [2.75, 3.05) is 19.6 Å². The molecule has 2 aromatic rings. The Labute approximate surface area is 163 Å². The molecular formula is C20H28Cl2N2O. The maximum Gasteiger partial charge on any atom is 0.124 e. The lowest BCUT2D eigenvalue weighted by Gasteiger charge is -2.23. The van der Waals surface area contributed by atoms with Gasteiger partial charge in [0.15, 0.2) is 0 Å². The Hall–Kier alpha value is -1.26. The first-order valence-corrected chi connectivity index (χ1v) is 8.58. The van der Waals surface area contributed by atoms with E-state index in [0.717, 1.165) is 37.8 Å². The lowest BCUT2D eigenvalue weighted by molar-refractivity contribution is 0.301. The van der Waals surface area contributed by atoms with Gasteiger partial charge in [-0.25, -0.2) is 0 Å². The lowest BCUT2D eigenvalue weighted by atomic mass is 9.98. The predicted molar refractivity (Wildman–Crippen MR) is 109 cm³/mol. The van der Waals surface area contributed by atoms with E-state index in [0.29, 0.717) is 6.61 Å². The van der Waals surface area contributed by atoms with Crippen molar-refractivity contribution in [2.24, 2.45) is 5.92 Å². The molecule has 1 fully saturated rings. The molecule has 3 nitrogen and oxygen atoms in total. The van der Waals surface area contributed by atoms with Gasteiger partial charge in [-0.3, -0.25) is 0 Å². The highest BCUT2D eigenvalue weighted by atomic mass is 35.5. The van der Waals surface area contributed by atoms with E-state index in [2.05, 4.69) is 41.0 Å². The summed E-state index contributed by atoms with van der Waals surface area (Å²) in [4.78, 5) is 0. The summed E-state index contributed by atoms with van der Waals surface area (Å²) in [6, 6.07) is 18.6. The molecule has 1 saturated heterocycles. The summed E-state index contributed by atoms with van der Waals surface area (Å²) in [5.74, 6) is 1.78. The molecule has 2 N–H and O–H groups in total. The summed E-state index contributed by atoms with van der Waals surface area (Å²) in [5.41, 5.74) is 2.43. The van der Waals surface area contributed by atoms with E-state index in [9.17, 15) is 0 Å². The molecule has 5 heteroatoms. The minimum absolute atomic E-state index is 0. The molecule has 3 rings (SSSR count). The highest BCUT2D eigenvalue weighted by Gasteiger charge is 2.12. The summed E-state index contributed by atoms with van der Waals surface area (Å²) in [6.07, 6.45) is 2.55. The van der Waals surface area contributed by atoms with E-state index in [1.807, 2.05) is 24.3 Å². The van der Waals surface area contributed by atoms with Crippen LogP contribution in [0.25, 0.3) is 0 Å². The molecule has 0 aliphatic carbocycles. The number of rotatable bonds is 7. The molecule has 25 heavy (non-hydrogen) atoms. The number of hydrogen-bond acceptors (Lipinski definition) is 3. The topological polar surface area (TPSA) is 33.3 Å². The fourth-order valence-electron chi connectivity index (χ4n) is 3.02. The average molecular weight is 383 g/mol. The van der Waals surface area contributed by atoms with Gasteiger partial charge in [-0.15, -0.1) is 24.8 Å². The van der Waals surface area contributed by atoms with Crippen molar-refractivity contribution < 1.29 is 4.74 Å². The highest BCUT2D eigenvalue weighted by molar-refractivity contribution is 5.85. The molecule has 2 aromatic carbocycles. The zero-order valence-corrected chi connectivity index (χ0v) is 16.1. The van der Waals surface area contributed by atoms with E-state index in [-0.39, 0.29) is 24.8 Å². The van der Waals surface area contributed by atoms with E-state index in [1.54, 1.807) is 0 Å². The molecule has 0 radical (unpaired) electrons. The number of piperidine rings is 1. The zero-order chi connectivity index (χ0) is 15.7. The minimum atomic E-state index is 0. The van der Waals surface area contributed by atoms with Crippen LogP contribution in [0.4, 0.5) is 0 Å². The van der Waals surface area contributed by atoms with Gasteiger partial charge in [0.05, 0.1) is 0 Å². The third-order valence-electron chi connectivity index (χ3n) is 4.42. The second-order valence-electron chi connectivity index (χ2n) is 6.21. The maximum atomic E-state index is 6.02. The molecular weight excluding hydrogens is 355 g/mol. The van der Waals surface area contributed by atoms with Crippen molar-refractivity contribution >= 4 is 24.8 Å². The molecule has 1 aliphatic rings. The first-order valence-electron chi connectivity index (χ1n) is 8.58. The molecule has 0 bridgehead atoms. The van der Waals surface area contributed by atoms with Crippen LogP contribution in [0.3, 0.4) is 0 Å². The van der Waals surface area contributed by atoms with E-state index in [4.69, 9.17) is 4.74 Å². The number of para-hydroxylation sites is 1. The van der Waals surface area contributed by atoms with Crippen LogP contribution < -0.4 is 15.4 Å². The molecule has 0 unspecified atom stereocenters. The Bertz CT molecular complexity index is 589. The van der Waals surface area contributed by atoms with Crippen LogP contribution in [-0.4, -0.2) is 19.6 Å². The molecule has 1 aliphatic heterocycles. The third-order valence-corrected chi connectivity index (χ3v) is 4.42. The van der Waals surface area contributed by atoms with Gasteiger partial charge in [-0.1, -0.05) is 48.5 Å². The van der Waals surface area contributed by atoms with Gasteiger partial charge in [0.1, 0.15) is 12.4 Å². The number of nitrogens with one attached hydrogen (secondary N) is 2. The smallest absolute Gasteiger partial charge is 0.124 e. The highest BCUT2D eigenvalue weighted by Crippen LogP contribution is 2.19. The van der Waals surface area contributed by atoms with E-state index >= 15 is 0 Å². The van der Waals surface area contributed by atoms with Gasteiger partial charge < -0.3 is 15.4 Å². The zero-order valence-electron chi connectivity index (χ0n) is 14.4. The monoisotopic (exact) mass is 382 g/mol.